The highest BCUT2D eigenvalue weighted by atomic mass is 16.5. The van der Waals surface area contributed by atoms with E-state index >= 15 is 0 Å². The zero-order valence-electron chi connectivity index (χ0n) is 14.9. The largest absolute Gasteiger partial charge is 0.387 e. The summed E-state index contributed by atoms with van der Waals surface area (Å²) in [6.07, 6.45) is 0.702. The number of hydrogen-bond donors (Lipinski definition) is 1. The van der Waals surface area contributed by atoms with Crippen molar-refractivity contribution >= 4 is 0 Å². The topological polar surface area (TPSA) is 35.9 Å². The number of nitrogens with zero attached hydrogens (tertiary/aromatic N) is 2. The maximum atomic E-state index is 10.5. The van der Waals surface area contributed by atoms with E-state index in [0.717, 1.165) is 57.9 Å². The van der Waals surface area contributed by atoms with E-state index in [9.17, 15) is 5.11 Å². The third kappa shape index (κ3) is 6.22. The van der Waals surface area contributed by atoms with Gasteiger partial charge in [-0.1, -0.05) is 38.1 Å². The van der Waals surface area contributed by atoms with Gasteiger partial charge in [-0.15, -0.1) is 0 Å². The van der Waals surface area contributed by atoms with Crippen molar-refractivity contribution in [2.75, 3.05) is 53.0 Å². The van der Waals surface area contributed by atoms with Crippen LogP contribution in [0.25, 0.3) is 0 Å². The van der Waals surface area contributed by atoms with Crippen LogP contribution in [0, 0.1) is 5.92 Å². The van der Waals surface area contributed by atoms with Crippen molar-refractivity contribution in [3.05, 3.63) is 35.4 Å². The number of aliphatic hydroxyl groups excluding tert-OH is 1. The highest BCUT2D eigenvalue weighted by Gasteiger charge is 2.19. The van der Waals surface area contributed by atoms with Gasteiger partial charge in [-0.05, 0) is 23.5 Å². The lowest BCUT2D eigenvalue weighted by molar-refractivity contribution is 0.0611. The molecule has 1 aromatic carbocycles. The zero-order valence-corrected chi connectivity index (χ0v) is 14.9. The molecule has 0 spiro atoms. The molecule has 23 heavy (non-hydrogen) atoms. The van der Waals surface area contributed by atoms with Crippen LogP contribution < -0.4 is 0 Å². The SMILES string of the molecule is COCCN1CCN(C[C@@H](O)c2ccc(CC(C)C)cc2)CC1. The number of benzene rings is 1. The predicted octanol–water partition coefficient (Wildman–Crippen LogP) is 2.18. The van der Waals surface area contributed by atoms with Gasteiger partial charge in [-0.3, -0.25) is 9.80 Å². The van der Waals surface area contributed by atoms with E-state index in [4.69, 9.17) is 4.74 Å². The average Bonchev–Trinajstić information content (AvgIpc) is 2.54. The molecule has 0 bridgehead atoms. The third-order valence-corrected chi connectivity index (χ3v) is 4.52. The first-order valence-electron chi connectivity index (χ1n) is 8.79. The van der Waals surface area contributed by atoms with Crippen LogP contribution in [0.15, 0.2) is 24.3 Å². The summed E-state index contributed by atoms with van der Waals surface area (Å²) in [5.74, 6) is 0.667. The lowest BCUT2D eigenvalue weighted by Gasteiger charge is -2.35. The second-order valence-corrected chi connectivity index (χ2v) is 6.99. The quantitative estimate of drug-likeness (QED) is 0.796. The summed E-state index contributed by atoms with van der Waals surface area (Å²) < 4.78 is 5.13. The molecule has 1 aliphatic rings. The minimum absolute atomic E-state index is 0.395. The maximum Gasteiger partial charge on any atom is 0.0916 e. The zero-order chi connectivity index (χ0) is 16.7. The summed E-state index contributed by atoms with van der Waals surface area (Å²) in [5.41, 5.74) is 2.38. The molecule has 1 saturated heterocycles. The van der Waals surface area contributed by atoms with E-state index in [0.29, 0.717) is 5.92 Å². The van der Waals surface area contributed by atoms with Gasteiger partial charge in [0, 0.05) is 46.4 Å². The van der Waals surface area contributed by atoms with E-state index in [1.54, 1.807) is 7.11 Å². The third-order valence-electron chi connectivity index (χ3n) is 4.52. The molecule has 1 aromatic rings. The van der Waals surface area contributed by atoms with Gasteiger partial charge < -0.3 is 9.84 Å². The van der Waals surface area contributed by atoms with E-state index in [2.05, 4.69) is 47.9 Å². The fourth-order valence-corrected chi connectivity index (χ4v) is 3.11. The van der Waals surface area contributed by atoms with Gasteiger partial charge in [0.2, 0.25) is 0 Å². The van der Waals surface area contributed by atoms with Gasteiger partial charge in [0.1, 0.15) is 0 Å². The first-order valence-corrected chi connectivity index (χ1v) is 8.79. The van der Waals surface area contributed by atoms with Crippen LogP contribution in [-0.2, 0) is 11.2 Å². The number of piperazine rings is 1. The molecule has 1 heterocycles. The summed E-state index contributed by atoms with van der Waals surface area (Å²) in [7, 11) is 1.75. The Labute approximate surface area is 141 Å². The van der Waals surface area contributed by atoms with Crippen molar-refractivity contribution in [2.24, 2.45) is 5.92 Å². The van der Waals surface area contributed by atoms with Gasteiger partial charge >= 0.3 is 0 Å². The molecule has 0 saturated carbocycles. The Bertz CT molecular complexity index is 439. The molecule has 4 nitrogen and oxygen atoms in total. The Balaban J connectivity index is 1.77. The molecule has 1 fully saturated rings. The van der Waals surface area contributed by atoms with Crippen LogP contribution in [0.1, 0.15) is 31.1 Å². The molecule has 1 N–H and O–H groups in total. The Morgan fingerprint density at radius 3 is 2.22 bits per heavy atom. The smallest absolute Gasteiger partial charge is 0.0916 e. The van der Waals surface area contributed by atoms with Gasteiger partial charge in [-0.2, -0.15) is 0 Å². The molecule has 0 amide bonds. The van der Waals surface area contributed by atoms with Crippen LogP contribution in [-0.4, -0.2) is 67.9 Å². The summed E-state index contributed by atoms with van der Waals surface area (Å²) >= 11 is 0. The summed E-state index contributed by atoms with van der Waals surface area (Å²) in [6.45, 7) is 11.1. The molecule has 1 aliphatic heterocycles. The van der Waals surface area contributed by atoms with Crippen LogP contribution in [0.4, 0.5) is 0 Å². The lowest BCUT2D eigenvalue weighted by atomic mass is 10.00. The van der Waals surface area contributed by atoms with Crippen molar-refractivity contribution in [3.8, 4) is 0 Å². The summed E-state index contributed by atoms with van der Waals surface area (Å²) in [5, 5.41) is 10.5. The van der Waals surface area contributed by atoms with Crippen LogP contribution in [0.2, 0.25) is 0 Å². The number of rotatable bonds is 8. The standard InChI is InChI=1S/C19H32N2O2/c1-16(2)14-17-4-6-18(7-5-17)19(22)15-21-10-8-20(9-11-21)12-13-23-3/h4-7,16,19,22H,8-15H2,1-3H3/t19-/m1/s1. The summed E-state index contributed by atoms with van der Waals surface area (Å²) in [4.78, 5) is 4.78. The highest BCUT2D eigenvalue weighted by molar-refractivity contribution is 5.24. The Hall–Kier alpha value is -0.940. The number of ether oxygens (including phenoxy) is 1. The van der Waals surface area contributed by atoms with E-state index < -0.39 is 6.10 Å². The van der Waals surface area contributed by atoms with Crippen molar-refractivity contribution in [3.63, 3.8) is 0 Å². The Kier molecular flexibility index (Phi) is 7.50. The van der Waals surface area contributed by atoms with Crippen LogP contribution in [0.5, 0.6) is 0 Å². The molecule has 0 aliphatic carbocycles. The Morgan fingerprint density at radius 1 is 1.04 bits per heavy atom. The number of hydrogen-bond acceptors (Lipinski definition) is 4. The van der Waals surface area contributed by atoms with Crippen molar-refractivity contribution in [1.82, 2.24) is 9.80 Å². The van der Waals surface area contributed by atoms with Crippen molar-refractivity contribution in [1.29, 1.82) is 0 Å². The first-order chi connectivity index (χ1) is 11.1. The van der Waals surface area contributed by atoms with Gasteiger partial charge in [-0.25, -0.2) is 0 Å². The predicted molar refractivity (Wildman–Crippen MR) is 94.7 cm³/mol. The molecule has 0 unspecified atom stereocenters. The van der Waals surface area contributed by atoms with Crippen molar-refractivity contribution < 1.29 is 9.84 Å². The molecule has 130 valence electrons. The fourth-order valence-electron chi connectivity index (χ4n) is 3.11. The molecule has 4 heteroatoms. The van der Waals surface area contributed by atoms with E-state index in [-0.39, 0.29) is 0 Å². The summed E-state index contributed by atoms with van der Waals surface area (Å²) in [6, 6.07) is 8.47. The fraction of sp³-hybridized carbons (Fsp3) is 0.684. The first kappa shape index (κ1) is 18.4. The molecular formula is C19H32N2O2. The molecule has 1 atom stereocenters. The Morgan fingerprint density at radius 2 is 1.65 bits per heavy atom. The second-order valence-electron chi connectivity index (χ2n) is 6.99. The normalized spacial score (nSPS) is 18.5. The van der Waals surface area contributed by atoms with Gasteiger partial charge in [0.15, 0.2) is 0 Å². The molecule has 2 rings (SSSR count). The number of β-amino-alcohol motifs (C(OH)–C–C–N with tert-alkyl or cyclic N) is 1. The minimum Gasteiger partial charge on any atom is -0.387 e. The molecular weight excluding hydrogens is 288 g/mol. The van der Waals surface area contributed by atoms with Crippen LogP contribution >= 0.6 is 0 Å². The van der Waals surface area contributed by atoms with Gasteiger partial charge in [0.05, 0.1) is 12.7 Å². The van der Waals surface area contributed by atoms with Crippen molar-refractivity contribution in [2.45, 2.75) is 26.4 Å². The highest BCUT2D eigenvalue weighted by Crippen LogP contribution is 2.17. The maximum absolute atomic E-state index is 10.5. The van der Waals surface area contributed by atoms with E-state index in [1.165, 1.54) is 5.56 Å². The van der Waals surface area contributed by atoms with E-state index in [1.807, 2.05) is 0 Å². The molecule has 0 aromatic heterocycles. The van der Waals surface area contributed by atoms with Gasteiger partial charge in [0.25, 0.3) is 0 Å². The number of methoxy groups -OCH3 is 1. The average molecular weight is 320 g/mol. The minimum atomic E-state index is -0.395. The molecule has 0 radical (unpaired) electrons. The number of aliphatic hydroxyl groups is 1. The lowest BCUT2D eigenvalue weighted by Crippen LogP contribution is -2.48. The second kappa shape index (κ2) is 9.38. The van der Waals surface area contributed by atoms with Crippen LogP contribution in [0.3, 0.4) is 0 Å². The monoisotopic (exact) mass is 320 g/mol.